The lowest BCUT2D eigenvalue weighted by Crippen LogP contribution is -2.68. The summed E-state index contributed by atoms with van der Waals surface area (Å²) in [5, 5.41) is 0. The Morgan fingerprint density at radius 3 is 2.09 bits per heavy atom. The van der Waals surface area contributed by atoms with E-state index in [4.69, 9.17) is 23.7 Å². The van der Waals surface area contributed by atoms with Crippen LogP contribution in [0.4, 0.5) is 0 Å². The Labute approximate surface area is 197 Å². The van der Waals surface area contributed by atoms with Gasteiger partial charge in [0.1, 0.15) is 24.6 Å². The van der Waals surface area contributed by atoms with Crippen LogP contribution in [0.1, 0.15) is 66.2 Å². The predicted molar refractivity (Wildman–Crippen MR) is 119 cm³/mol. The number of ether oxygens (including phenoxy) is 5. The predicted octanol–water partition coefficient (Wildman–Crippen LogP) is 2.27. The highest BCUT2D eigenvalue weighted by atomic mass is 16.7. The molecule has 0 aromatic rings. The Hall–Kier alpha value is -1.26. The fourth-order valence-corrected chi connectivity index (χ4v) is 5.45. The highest BCUT2D eigenvalue weighted by molar-refractivity contribution is 5.79. The van der Waals surface area contributed by atoms with Crippen molar-refractivity contribution in [2.45, 2.75) is 96.0 Å². The molecule has 3 atom stereocenters. The van der Waals surface area contributed by atoms with Crippen molar-refractivity contribution in [3.8, 4) is 0 Å². The zero-order valence-corrected chi connectivity index (χ0v) is 20.5. The van der Waals surface area contributed by atoms with E-state index in [0.717, 1.165) is 25.9 Å². The largest absolute Gasteiger partial charge is 0.466 e. The SMILES string of the molecule is CCOC(=O)[C@H]1CC[C@H](OC(C(=O)OC(C)(C)C)(N2CCCC2)N2C[C@@H]3OCO[C@@H]3C2)CC1. The molecule has 4 rings (SSSR count). The Balaban J connectivity index is 1.57. The van der Waals surface area contributed by atoms with Crippen molar-refractivity contribution >= 4 is 11.9 Å². The van der Waals surface area contributed by atoms with E-state index < -0.39 is 11.4 Å². The van der Waals surface area contributed by atoms with Gasteiger partial charge in [-0.3, -0.25) is 9.69 Å². The van der Waals surface area contributed by atoms with E-state index >= 15 is 0 Å². The van der Waals surface area contributed by atoms with Crippen molar-refractivity contribution in [1.82, 2.24) is 9.80 Å². The average Bonchev–Trinajstić information content (AvgIpc) is 3.49. The summed E-state index contributed by atoms with van der Waals surface area (Å²) in [5.41, 5.74) is -0.643. The van der Waals surface area contributed by atoms with Crippen LogP contribution in [0.2, 0.25) is 0 Å². The molecule has 3 aliphatic heterocycles. The number of carbonyl (C=O) groups excluding carboxylic acids is 2. The van der Waals surface area contributed by atoms with Gasteiger partial charge >= 0.3 is 11.9 Å². The maximum absolute atomic E-state index is 13.9. The summed E-state index contributed by atoms with van der Waals surface area (Å²) in [6.45, 7) is 10.8. The molecule has 1 aliphatic carbocycles. The second-order valence-corrected chi connectivity index (χ2v) is 10.6. The van der Waals surface area contributed by atoms with E-state index in [2.05, 4.69) is 9.80 Å². The third-order valence-corrected chi connectivity index (χ3v) is 7.03. The van der Waals surface area contributed by atoms with Crippen molar-refractivity contribution < 1.29 is 33.3 Å². The molecule has 0 radical (unpaired) electrons. The molecule has 33 heavy (non-hydrogen) atoms. The highest BCUT2D eigenvalue weighted by Crippen LogP contribution is 2.39. The number of carbonyl (C=O) groups is 2. The Morgan fingerprint density at radius 2 is 1.55 bits per heavy atom. The summed E-state index contributed by atoms with van der Waals surface area (Å²) in [7, 11) is 0. The first-order chi connectivity index (χ1) is 15.7. The van der Waals surface area contributed by atoms with E-state index in [0.29, 0.717) is 52.2 Å². The minimum Gasteiger partial charge on any atom is -0.466 e. The van der Waals surface area contributed by atoms with Gasteiger partial charge in [-0.05, 0) is 66.2 Å². The first-order valence-electron chi connectivity index (χ1n) is 12.5. The van der Waals surface area contributed by atoms with Gasteiger partial charge in [0, 0.05) is 26.2 Å². The molecule has 3 saturated heterocycles. The Kier molecular flexibility index (Phi) is 7.65. The average molecular weight is 469 g/mol. The number of hydrogen-bond acceptors (Lipinski definition) is 9. The van der Waals surface area contributed by atoms with E-state index in [1.54, 1.807) is 0 Å². The van der Waals surface area contributed by atoms with Crippen LogP contribution in [0.5, 0.6) is 0 Å². The zero-order chi connectivity index (χ0) is 23.6. The van der Waals surface area contributed by atoms with Crippen LogP contribution in [-0.4, -0.2) is 91.1 Å². The van der Waals surface area contributed by atoms with Gasteiger partial charge in [-0.25, -0.2) is 9.69 Å². The van der Waals surface area contributed by atoms with Gasteiger partial charge in [-0.1, -0.05) is 0 Å². The number of esters is 2. The van der Waals surface area contributed by atoms with Gasteiger partial charge < -0.3 is 23.7 Å². The quantitative estimate of drug-likeness (QED) is 0.522. The molecule has 0 spiro atoms. The normalized spacial score (nSPS) is 33.0. The van der Waals surface area contributed by atoms with Gasteiger partial charge in [0.25, 0.3) is 5.85 Å². The van der Waals surface area contributed by atoms with Crippen LogP contribution < -0.4 is 0 Å². The van der Waals surface area contributed by atoms with Crippen LogP contribution >= 0.6 is 0 Å². The summed E-state index contributed by atoms with van der Waals surface area (Å²) in [5.74, 6) is -1.91. The summed E-state index contributed by atoms with van der Waals surface area (Å²) in [6.07, 6.45) is 4.54. The molecular formula is C24H40N2O7. The first kappa shape index (κ1) is 24.9. The molecule has 1 saturated carbocycles. The third-order valence-electron chi connectivity index (χ3n) is 7.03. The monoisotopic (exact) mass is 468 g/mol. The van der Waals surface area contributed by atoms with E-state index in [-0.39, 0.29) is 36.2 Å². The molecule has 1 unspecified atom stereocenters. The lowest BCUT2D eigenvalue weighted by atomic mass is 9.87. The molecule has 9 nitrogen and oxygen atoms in total. The van der Waals surface area contributed by atoms with E-state index in [1.165, 1.54) is 0 Å². The first-order valence-corrected chi connectivity index (χ1v) is 12.5. The number of nitrogens with zero attached hydrogens (tertiary/aromatic N) is 2. The Bertz CT molecular complexity index is 685. The molecule has 4 fully saturated rings. The van der Waals surface area contributed by atoms with Crippen molar-refractivity contribution in [3.63, 3.8) is 0 Å². The smallest absolute Gasteiger partial charge is 0.371 e. The third kappa shape index (κ3) is 5.37. The molecular weight excluding hydrogens is 428 g/mol. The van der Waals surface area contributed by atoms with Gasteiger partial charge in [-0.2, -0.15) is 0 Å². The molecule has 0 amide bonds. The van der Waals surface area contributed by atoms with E-state index in [1.807, 2.05) is 27.7 Å². The standard InChI is InChI=1S/C24H40N2O7/c1-5-29-21(27)17-8-10-18(11-9-17)32-24(25-12-6-7-13-25,22(28)33-23(2,3)4)26-14-19-20(15-26)31-16-30-19/h17-20H,5-16H2,1-4H3/t17-,18-,19-,20+,24?. The fourth-order valence-electron chi connectivity index (χ4n) is 5.45. The highest BCUT2D eigenvalue weighted by Gasteiger charge is 2.59. The van der Waals surface area contributed by atoms with Gasteiger partial charge in [-0.15, -0.1) is 0 Å². The second kappa shape index (κ2) is 10.2. The molecule has 0 aromatic heterocycles. The van der Waals surface area contributed by atoms with Crippen LogP contribution in [0.15, 0.2) is 0 Å². The summed E-state index contributed by atoms with van der Waals surface area (Å²) < 4.78 is 29.5. The molecule has 0 aromatic carbocycles. The number of likely N-dealkylation sites (tertiary alicyclic amines) is 2. The van der Waals surface area contributed by atoms with Crippen molar-refractivity contribution in [1.29, 1.82) is 0 Å². The molecule has 4 aliphatic rings. The topological polar surface area (TPSA) is 86.8 Å². The van der Waals surface area contributed by atoms with E-state index in [9.17, 15) is 9.59 Å². The van der Waals surface area contributed by atoms with Crippen molar-refractivity contribution in [3.05, 3.63) is 0 Å². The minimum atomic E-state index is -1.32. The van der Waals surface area contributed by atoms with Gasteiger partial charge in [0.05, 0.1) is 18.6 Å². The van der Waals surface area contributed by atoms with Crippen molar-refractivity contribution in [2.75, 3.05) is 39.6 Å². The molecule has 0 bridgehead atoms. The molecule has 3 heterocycles. The molecule has 188 valence electrons. The minimum absolute atomic E-state index is 0.0717. The second-order valence-electron chi connectivity index (χ2n) is 10.6. The number of fused-ring (bicyclic) bond motifs is 1. The van der Waals surface area contributed by atoms with Crippen molar-refractivity contribution in [2.24, 2.45) is 5.92 Å². The van der Waals surface area contributed by atoms with Gasteiger partial charge in [0.15, 0.2) is 0 Å². The number of hydrogen-bond donors (Lipinski definition) is 0. The molecule has 0 N–H and O–H groups in total. The zero-order valence-electron chi connectivity index (χ0n) is 20.5. The van der Waals surface area contributed by atoms with Crippen LogP contribution in [0.3, 0.4) is 0 Å². The van der Waals surface area contributed by atoms with Crippen LogP contribution in [0.25, 0.3) is 0 Å². The maximum atomic E-state index is 13.9. The number of rotatable bonds is 7. The molecule has 9 heteroatoms. The lowest BCUT2D eigenvalue weighted by Gasteiger charge is -2.48. The maximum Gasteiger partial charge on any atom is 0.371 e. The fraction of sp³-hybridized carbons (Fsp3) is 0.917. The lowest BCUT2D eigenvalue weighted by molar-refractivity contribution is -0.277. The van der Waals surface area contributed by atoms with Gasteiger partial charge in [0.2, 0.25) is 0 Å². The summed E-state index contributed by atoms with van der Waals surface area (Å²) in [6, 6.07) is 0. The Morgan fingerprint density at radius 1 is 0.939 bits per heavy atom. The summed E-state index contributed by atoms with van der Waals surface area (Å²) >= 11 is 0. The summed E-state index contributed by atoms with van der Waals surface area (Å²) in [4.78, 5) is 30.3. The van der Waals surface area contributed by atoms with Crippen LogP contribution in [-0.2, 0) is 33.3 Å². The van der Waals surface area contributed by atoms with Crippen LogP contribution in [0, 0.1) is 5.92 Å².